The monoisotopic (exact) mass is 546 g/mol. The summed E-state index contributed by atoms with van der Waals surface area (Å²) in [6, 6.07) is 6.26. The Labute approximate surface area is 227 Å². The van der Waals surface area contributed by atoms with Crippen LogP contribution in [-0.4, -0.2) is 70.1 Å². The van der Waals surface area contributed by atoms with Crippen molar-refractivity contribution >= 4 is 46.8 Å². The topological polar surface area (TPSA) is 87.2 Å². The van der Waals surface area contributed by atoms with E-state index >= 15 is 0 Å². The molecule has 5 atom stereocenters. The fourth-order valence-electron chi connectivity index (χ4n) is 6.06. The quantitative estimate of drug-likeness (QED) is 0.226. The molecule has 1 aromatic rings. The lowest BCUT2D eigenvalue weighted by Gasteiger charge is -2.37. The van der Waals surface area contributed by atoms with Crippen molar-refractivity contribution in [2.45, 2.75) is 54.6 Å². The van der Waals surface area contributed by atoms with Gasteiger partial charge in [0.15, 0.2) is 0 Å². The molecule has 3 heterocycles. The summed E-state index contributed by atoms with van der Waals surface area (Å²) in [6.07, 6.45) is 7.78. The number of hydrogen-bond acceptors (Lipinski definition) is 6. The number of thioether (sulfide) groups is 1. The Morgan fingerprint density at radius 2 is 1.97 bits per heavy atom. The number of carbonyl (C=O) groups is 3. The van der Waals surface area contributed by atoms with Crippen molar-refractivity contribution < 1.29 is 24.2 Å². The average molecular weight is 547 g/mol. The van der Waals surface area contributed by atoms with Crippen molar-refractivity contribution in [2.24, 2.45) is 11.8 Å². The van der Waals surface area contributed by atoms with E-state index in [1.165, 1.54) is 0 Å². The highest BCUT2D eigenvalue weighted by Crippen LogP contribution is 2.66. The zero-order valence-corrected chi connectivity index (χ0v) is 22.6. The molecule has 2 amide bonds. The van der Waals surface area contributed by atoms with Gasteiger partial charge in [-0.25, -0.2) is 0 Å². The Kier molecular flexibility index (Phi) is 9.03. The van der Waals surface area contributed by atoms with Crippen LogP contribution in [0.4, 0.5) is 5.69 Å². The van der Waals surface area contributed by atoms with Crippen molar-refractivity contribution in [3.05, 3.63) is 54.6 Å². The maximum absolute atomic E-state index is 14.3. The third-order valence-corrected chi connectivity index (χ3v) is 9.83. The van der Waals surface area contributed by atoms with Gasteiger partial charge in [0.25, 0.3) is 5.91 Å². The smallest absolute Gasteiger partial charge is 0.310 e. The third kappa shape index (κ3) is 5.20. The van der Waals surface area contributed by atoms with Crippen LogP contribution in [0.5, 0.6) is 0 Å². The van der Waals surface area contributed by atoms with Crippen LogP contribution >= 0.6 is 23.4 Å². The van der Waals surface area contributed by atoms with E-state index in [1.54, 1.807) is 51.9 Å². The number of aliphatic hydroxyl groups excluding tert-OH is 1. The normalized spacial score (nSPS) is 27.7. The predicted octanol–water partition coefficient (Wildman–Crippen LogP) is 4.23. The van der Waals surface area contributed by atoms with Gasteiger partial charge in [0.2, 0.25) is 5.91 Å². The van der Waals surface area contributed by atoms with Crippen LogP contribution < -0.4 is 4.90 Å². The van der Waals surface area contributed by atoms with Crippen LogP contribution in [0.3, 0.4) is 0 Å². The molecule has 0 saturated carbocycles. The molecule has 0 aliphatic carbocycles. The highest BCUT2D eigenvalue weighted by molar-refractivity contribution is 8.02. The number of rotatable bonds is 13. The fraction of sp³-hybridized carbons (Fsp3) is 0.536. The molecule has 4 rings (SSSR count). The number of fused-ring (bicyclic) bond motifs is 1. The van der Waals surface area contributed by atoms with Crippen LogP contribution in [0.1, 0.15) is 38.5 Å². The number of halogens is 1. The van der Waals surface area contributed by atoms with Gasteiger partial charge in [0.05, 0.1) is 23.2 Å². The van der Waals surface area contributed by atoms with Gasteiger partial charge in [-0.1, -0.05) is 23.8 Å². The third-order valence-electron chi connectivity index (χ3n) is 7.63. The van der Waals surface area contributed by atoms with Crippen molar-refractivity contribution in [1.82, 2.24) is 4.90 Å². The summed E-state index contributed by atoms with van der Waals surface area (Å²) in [5.74, 6) is -1.91. The minimum atomic E-state index is -0.743. The first-order chi connectivity index (χ1) is 17.9. The van der Waals surface area contributed by atoms with Gasteiger partial charge in [-0.05, 0) is 62.8 Å². The Bertz CT molecular complexity index is 1030. The Hall–Kier alpha value is -2.29. The summed E-state index contributed by atoms with van der Waals surface area (Å²) in [5, 5.41) is 10.0. The van der Waals surface area contributed by atoms with E-state index in [1.807, 2.05) is 6.08 Å². The van der Waals surface area contributed by atoms with Crippen LogP contribution in [-0.2, 0) is 19.1 Å². The summed E-state index contributed by atoms with van der Waals surface area (Å²) in [6.45, 7) is 8.28. The van der Waals surface area contributed by atoms with Crippen molar-refractivity contribution in [3.63, 3.8) is 0 Å². The van der Waals surface area contributed by atoms with Gasteiger partial charge in [0.1, 0.15) is 6.04 Å². The van der Waals surface area contributed by atoms with Crippen molar-refractivity contribution in [1.29, 1.82) is 0 Å². The molecule has 1 aromatic carbocycles. The number of aliphatic hydroxyl groups is 1. The van der Waals surface area contributed by atoms with Gasteiger partial charge in [-0.3, -0.25) is 14.4 Å². The van der Waals surface area contributed by atoms with Gasteiger partial charge < -0.3 is 19.6 Å². The highest BCUT2D eigenvalue weighted by atomic mass is 35.5. The Balaban J connectivity index is 1.64. The minimum Gasteiger partial charge on any atom is -0.465 e. The Morgan fingerprint density at radius 3 is 2.65 bits per heavy atom. The lowest BCUT2D eigenvalue weighted by molar-refractivity contribution is -0.154. The number of ether oxygens (including phenoxy) is 1. The molecule has 1 spiro atoms. The second-order valence-corrected chi connectivity index (χ2v) is 11.9. The van der Waals surface area contributed by atoms with Crippen LogP contribution in [0.15, 0.2) is 49.6 Å². The van der Waals surface area contributed by atoms with E-state index < -0.39 is 22.6 Å². The molecule has 2 unspecified atom stereocenters. The van der Waals surface area contributed by atoms with Gasteiger partial charge in [-0.2, -0.15) is 0 Å². The number of nitrogens with zero attached hydrogens (tertiary/aromatic N) is 2. The van der Waals surface area contributed by atoms with E-state index in [4.69, 9.17) is 16.3 Å². The summed E-state index contributed by atoms with van der Waals surface area (Å²) in [5.41, 5.74) is 0.664. The molecule has 3 aliphatic heterocycles. The number of likely N-dealkylation sites (tertiary alicyclic amines) is 1. The maximum Gasteiger partial charge on any atom is 0.310 e. The molecule has 7 nitrogen and oxygen atoms in total. The molecule has 0 aromatic heterocycles. The second-order valence-electron chi connectivity index (χ2n) is 9.83. The number of benzene rings is 1. The first-order valence-electron chi connectivity index (χ1n) is 12.9. The first kappa shape index (κ1) is 27.7. The van der Waals surface area contributed by atoms with Gasteiger partial charge >= 0.3 is 5.97 Å². The molecular formula is C28H35ClN2O5S. The lowest BCUT2D eigenvalue weighted by Crippen LogP contribution is -2.55. The molecule has 0 radical (unpaired) electrons. The standard InChI is InChI=1S/C28H35ClN2O5S/c1-3-5-6-7-18-36-27(35)22-21-13-14-28(37-21)23(22)25(33)31(16-8-17-32)24(28)26(34)30(15-4-2)20-11-9-19(29)10-12-20/h3-4,9-12,21-24,32H,1-2,5-8,13-18H2/t21-,22+,23-,24?,28?/m0/s1. The molecule has 1 N–H and O–H groups in total. The Morgan fingerprint density at radius 1 is 1.22 bits per heavy atom. The predicted molar refractivity (Wildman–Crippen MR) is 147 cm³/mol. The second kappa shape index (κ2) is 12.0. The molecule has 3 saturated heterocycles. The maximum atomic E-state index is 14.3. The van der Waals surface area contributed by atoms with Gasteiger partial charge in [0, 0.05) is 35.7 Å². The largest absolute Gasteiger partial charge is 0.465 e. The molecule has 37 heavy (non-hydrogen) atoms. The van der Waals surface area contributed by atoms with Crippen LogP contribution in [0.2, 0.25) is 5.02 Å². The molecule has 3 fully saturated rings. The first-order valence-corrected chi connectivity index (χ1v) is 14.2. The average Bonchev–Trinajstić information content (AvgIpc) is 3.53. The number of unbranched alkanes of at least 4 members (excludes halogenated alkanes) is 2. The zero-order valence-electron chi connectivity index (χ0n) is 21.0. The number of anilines is 1. The molecule has 3 aliphatic rings. The number of esters is 1. The fourth-order valence-corrected chi connectivity index (χ4v) is 8.39. The van der Waals surface area contributed by atoms with Crippen LogP contribution in [0, 0.1) is 11.8 Å². The summed E-state index contributed by atoms with van der Waals surface area (Å²) < 4.78 is 4.94. The lowest BCUT2D eigenvalue weighted by atomic mass is 9.71. The van der Waals surface area contributed by atoms with E-state index in [0.29, 0.717) is 30.2 Å². The molecule has 200 valence electrons. The SMILES string of the molecule is C=CCCCCOC(=O)[C@@H]1[C@@H]2CCC3(S2)C(C(=O)N(CC=C)c2ccc(Cl)cc2)N(CCCO)C(=O)[C@H]13. The zero-order chi connectivity index (χ0) is 26.6. The van der Waals surface area contributed by atoms with E-state index in [9.17, 15) is 19.5 Å². The molecule has 9 heteroatoms. The minimum absolute atomic E-state index is 0.0479. The van der Waals surface area contributed by atoms with Gasteiger partial charge in [-0.15, -0.1) is 24.9 Å². The number of carbonyl (C=O) groups excluding carboxylic acids is 3. The van der Waals surface area contributed by atoms with Crippen LogP contribution in [0.25, 0.3) is 0 Å². The molecular weight excluding hydrogens is 512 g/mol. The summed E-state index contributed by atoms with van der Waals surface area (Å²) in [7, 11) is 0. The van der Waals surface area contributed by atoms with Crippen molar-refractivity contribution in [2.75, 3.05) is 31.2 Å². The van der Waals surface area contributed by atoms with Crippen molar-refractivity contribution in [3.8, 4) is 0 Å². The number of allylic oxidation sites excluding steroid dienone is 1. The summed E-state index contributed by atoms with van der Waals surface area (Å²) >= 11 is 7.69. The summed E-state index contributed by atoms with van der Waals surface area (Å²) in [4.78, 5) is 44.6. The number of hydrogen-bond donors (Lipinski definition) is 1. The highest BCUT2D eigenvalue weighted by Gasteiger charge is 2.74. The van der Waals surface area contributed by atoms with E-state index in [-0.39, 0.29) is 42.7 Å². The number of amides is 2. The molecule has 2 bridgehead atoms. The van der Waals surface area contributed by atoms with E-state index in [2.05, 4.69) is 13.2 Å². The van der Waals surface area contributed by atoms with E-state index in [0.717, 1.165) is 25.7 Å².